The van der Waals surface area contributed by atoms with Gasteiger partial charge >= 0.3 is 0 Å². The SMILES string of the molecule is O=C(C1CCc2ccccc2C1)N(CCBr)C1CCC1. The van der Waals surface area contributed by atoms with Crippen molar-refractivity contribution in [3.63, 3.8) is 0 Å². The molecule has 3 heteroatoms. The maximum absolute atomic E-state index is 12.8. The lowest BCUT2D eigenvalue weighted by Crippen LogP contribution is -2.48. The van der Waals surface area contributed by atoms with Crippen LogP contribution < -0.4 is 0 Å². The summed E-state index contributed by atoms with van der Waals surface area (Å²) in [6.07, 6.45) is 6.68. The molecule has 1 aromatic rings. The standard InChI is InChI=1S/C17H22BrNO/c18-10-11-19(16-6-3-7-16)17(20)15-9-8-13-4-1-2-5-14(13)12-15/h1-2,4-5,15-16H,3,6-12H2. The summed E-state index contributed by atoms with van der Waals surface area (Å²) in [5.41, 5.74) is 2.82. The number of benzene rings is 1. The van der Waals surface area contributed by atoms with Crippen molar-refractivity contribution in [1.82, 2.24) is 4.90 Å². The maximum atomic E-state index is 12.8. The predicted molar refractivity (Wildman–Crippen MR) is 85.1 cm³/mol. The summed E-state index contributed by atoms with van der Waals surface area (Å²) in [4.78, 5) is 15.0. The van der Waals surface area contributed by atoms with E-state index in [0.717, 1.165) is 31.1 Å². The third-order valence-electron chi connectivity index (χ3n) is 4.82. The Hall–Kier alpha value is -0.830. The van der Waals surface area contributed by atoms with Crippen LogP contribution in [0, 0.1) is 5.92 Å². The largest absolute Gasteiger partial charge is 0.339 e. The fourth-order valence-electron chi connectivity index (χ4n) is 3.41. The highest BCUT2D eigenvalue weighted by Gasteiger charge is 2.33. The van der Waals surface area contributed by atoms with Crippen LogP contribution >= 0.6 is 15.9 Å². The molecular formula is C17H22BrNO. The van der Waals surface area contributed by atoms with E-state index in [1.165, 1.54) is 30.4 Å². The fourth-order valence-corrected chi connectivity index (χ4v) is 3.79. The normalized spacial score (nSPS) is 21.9. The van der Waals surface area contributed by atoms with Crippen LogP contribution in [0.1, 0.15) is 36.8 Å². The predicted octanol–water partition coefficient (Wildman–Crippen LogP) is 3.57. The topological polar surface area (TPSA) is 20.3 Å². The van der Waals surface area contributed by atoms with E-state index >= 15 is 0 Å². The minimum Gasteiger partial charge on any atom is -0.339 e. The van der Waals surface area contributed by atoms with Crippen molar-refractivity contribution in [2.75, 3.05) is 11.9 Å². The minimum absolute atomic E-state index is 0.199. The molecule has 2 nitrogen and oxygen atoms in total. The summed E-state index contributed by atoms with van der Waals surface area (Å²) in [6.45, 7) is 0.863. The number of hydrogen-bond acceptors (Lipinski definition) is 1. The van der Waals surface area contributed by atoms with Gasteiger partial charge in [-0.05, 0) is 49.7 Å². The molecule has 1 unspecified atom stereocenters. The van der Waals surface area contributed by atoms with Gasteiger partial charge in [-0.3, -0.25) is 4.79 Å². The number of halogens is 1. The lowest BCUT2D eigenvalue weighted by Gasteiger charge is -2.40. The van der Waals surface area contributed by atoms with Gasteiger partial charge in [0.15, 0.2) is 0 Å². The average molecular weight is 336 g/mol. The molecule has 3 rings (SSSR count). The molecular weight excluding hydrogens is 314 g/mol. The van der Waals surface area contributed by atoms with Crippen molar-refractivity contribution in [1.29, 1.82) is 0 Å². The molecule has 2 aliphatic rings. The molecule has 1 saturated carbocycles. The zero-order valence-electron chi connectivity index (χ0n) is 11.9. The van der Waals surface area contributed by atoms with Gasteiger partial charge < -0.3 is 4.90 Å². The lowest BCUT2D eigenvalue weighted by atomic mass is 9.82. The van der Waals surface area contributed by atoms with E-state index in [1.54, 1.807) is 0 Å². The number of nitrogens with zero attached hydrogens (tertiary/aromatic N) is 1. The van der Waals surface area contributed by atoms with Crippen LogP contribution in [0.5, 0.6) is 0 Å². The first-order chi connectivity index (χ1) is 9.79. The third kappa shape index (κ3) is 2.78. The Bertz CT molecular complexity index is 484. The molecule has 0 aliphatic heterocycles. The third-order valence-corrected chi connectivity index (χ3v) is 5.17. The molecule has 1 aromatic carbocycles. The molecule has 0 heterocycles. The van der Waals surface area contributed by atoms with Gasteiger partial charge in [-0.25, -0.2) is 0 Å². The van der Waals surface area contributed by atoms with Crippen LogP contribution in [-0.4, -0.2) is 28.7 Å². The van der Waals surface area contributed by atoms with Crippen molar-refractivity contribution < 1.29 is 4.79 Å². The number of amides is 1. The Morgan fingerprint density at radius 1 is 1.20 bits per heavy atom. The Morgan fingerprint density at radius 2 is 1.95 bits per heavy atom. The molecule has 0 bridgehead atoms. The van der Waals surface area contributed by atoms with Gasteiger partial charge in [0.05, 0.1) is 0 Å². The molecule has 20 heavy (non-hydrogen) atoms. The molecule has 0 aromatic heterocycles. The van der Waals surface area contributed by atoms with Crippen molar-refractivity contribution in [2.45, 2.75) is 44.6 Å². The smallest absolute Gasteiger partial charge is 0.226 e. The fraction of sp³-hybridized carbons (Fsp3) is 0.588. The van der Waals surface area contributed by atoms with Crippen LogP contribution in [-0.2, 0) is 17.6 Å². The van der Waals surface area contributed by atoms with E-state index in [-0.39, 0.29) is 5.92 Å². The quantitative estimate of drug-likeness (QED) is 0.770. The monoisotopic (exact) mass is 335 g/mol. The van der Waals surface area contributed by atoms with Crippen molar-refractivity contribution in [3.05, 3.63) is 35.4 Å². The van der Waals surface area contributed by atoms with Crippen LogP contribution in [0.4, 0.5) is 0 Å². The molecule has 2 aliphatic carbocycles. The highest BCUT2D eigenvalue weighted by Crippen LogP contribution is 2.31. The summed E-state index contributed by atoms with van der Waals surface area (Å²) in [7, 11) is 0. The van der Waals surface area contributed by atoms with Crippen LogP contribution in [0.3, 0.4) is 0 Å². The average Bonchev–Trinajstić information content (AvgIpc) is 2.43. The van der Waals surface area contributed by atoms with Crippen LogP contribution in [0.2, 0.25) is 0 Å². The Balaban J connectivity index is 1.70. The van der Waals surface area contributed by atoms with Gasteiger partial charge in [0.2, 0.25) is 5.91 Å². The van der Waals surface area contributed by atoms with E-state index in [9.17, 15) is 4.79 Å². The number of fused-ring (bicyclic) bond motifs is 1. The first-order valence-corrected chi connectivity index (χ1v) is 8.85. The second kappa shape index (κ2) is 6.30. The van der Waals surface area contributed by atoms with Gasteiger partial charge in [-0.15, -0.1) is 0 Å². The summed E-state index contributed by atoms with van der Waals surface area (Å²) in [5.74, 6) is 0.591. The second-order valence-electron chi connectivity index (χ2n) is 6.01. The Morgan fingerprint density at radius 3 is 2.60 bits per heavy atom. The van der Waals surface area contributed by atoms with Crippen LogP contribution in [0.15, 0.2) is 24.3 Å². The Labute approximate surface area is 129 Å². The van der Waals surface area contributed by atoms with E-state index in [1.807, 2.05) is 0 Å². The van der Waals surface area contributed by atoms with Crippen molar-refractivity contribution >= 4 is 21.8 Å². The van der Waals surface area contributed by atoms with Gasteiger partial charge in [0.25, 0.3) is 0 Å². The zero-order valence-corrected chi connectivity index (χ0v) is 13.4. The number of alkyl halides is 1. The van der Waals surface area contributed by atoms with E-state index in [4.69, 9.17) is 0 Å². The molecule has 1 atom stereocenters. The molecule has 108 valence electrons. The number of aryl methyl sites for hydroxylation is 1. The van der Waals surface area contributed by atoms with Gasteiger partial charge in [-0.2, -0.15) is 0 Å². The number of hydrogen-bond donors (Lipinski definition) is 0. The summed E-state index contributed by atoms with van der Waals surface area (Å²) < 4.78 is 0. The van der Waals surface area contributed by atoms with Crippen LogP contribution in [0.25, 0.3) is 0 Å². The van der Waals surface area contributed by atoms with Gasteiger partial charge in [0.1, 0.15) is 0 Å². The molecule has 0 N–H and O–H groups in total. The number of rotatable bonds is 4. The van der Waals surface area contributed by atoms with Crippen molar-refractivity contribution in [3.8, 4) is 0 Å². The Kier molecular flexibility index (Phi) is 4.45. The van der Waals surface area contributed by atoms with E-state index in [2.05, 4.69) is 45.1 Å². The second-order valence-corrected chi connectivity index (χ2v) is 6.81. The van der Waals surface area contributed by atoms with E-state index in [0.29, 0.717) is 11.9 Å². The van der Waals surface area contributed by atoms with Gasteiger partial charge in [0, 0.05) is 23.8 Å². The summed E-state index contributed by atoms with van der Waals surface area (Å²) in [6, 6.07) is 9.10. The molecule has 1 fully saturated rings. The molecule has 1 amide bonds. The summed E-state index contributed by atoms with van der Waals surface area (Å²) in [5, 5.41) is 0.887. The zero-order chi connectivity index (χ0) is 13.9. The lowest BCUT2D eigenvalue weighted by molar-refractivity contribution is -0.139. The number of carbonyl (C=O) groups is 1. The molecule has 0 saturated heterocycles. The number of carbonyl (C=O) groups excluding carboxylic acids is 1. The van der Waals surface area contributed by atoms with E-state index < -0.39 is 0 Å². The highest BCUT2D eigenvalue weighted by atomic mass is 79.9. The van der Waals surface area contributed by atoms with Crippen molar-refractivity contribution in [2.24, 2.45) is 5.92 Å². The summed E-state index contributed by atoms with van der Waals surface area (Å²) >= 11 is 3.50. The molecule has 0 radical (unpaired) electrons. The highest BCUT2D eigenvalue weighted by molar-refractivity contribution is 9.09. The first kappa shape index (κ1) is 14.1. The first-order valence-electron chi connectivity index (χ1n) is 7.73. The maximum Gasteiger partial charge on any atom is 0.226 e. The molecule has 0 spiro atoms. The van der Waals surface area contributed by atoms with Gasteiger partial charge in [-0.1, -0.05) is 40.2 Å². The minimum atomic E-state index is 0.199.